The molecule has 118 valence electrons. The van der Waals surface area contributed by atoms with Crippen LogP contribution in [0.1, 0.15) is 18.0 Å². The van der Waals surface area contributed by atoms with Crippen LogP contribution in [-0.2, 0) is 0 Å². The van der Waals surface area contributed by atoms with Gasteiger partial charge < -0.3 is 15.0 Å². The van der Waals surface area contributed by atoms with Crippen LogP contribution in [0.25, 0.3) is 11.2 Å². The van der Waals surface area contributed by atoms with Crippen LogP contribution >= 0.6 is 0 Å². The Labute approximate surface area is 129 Å². The van der Waals surface area contributed by atoms with Crippen molar-refractivity contribution < 1.29 is 13.9 Å². The number of aromatic nitrogens is 4. The normalized spacial score (nSPS) is 21.3. The van der Waals surface area contributed by atoms with Crippen LogP contribution in [0.4, 0.5) is 14.6 Å². The van der Waals surface area contributed by atoms with Crippen molar-refractivity contribution in [2.75, 3.05) is 11.4 Å². The number of anilines is 1. The minimum atomic E-state index is -0.904. The van der Waals surface area contributed by atoms with E-state index in [2.05, 4.69) is 19.9 Å². The first-order chi connectivity index (χ1) is 11.1. The minimum absolute atomic E-state index is 0.304. The molecule has 2 aromatic heterocycles. The summed E-state index contributed by atoms with van der Waals surface area (Å²) in [6, 6.07) is 3.48. The molecule has 0 aliphatic carbocycles. The van der Waals surface area contributed by atoms with Gasteiger partial charge in [-0.3, -0.25) is 0 Å². The number of halogens is 2. The van der Waals surface area contributed by atoms with Gasteiger partial charge in [0.05, 0.1) is 18.5 Å². The minimum Gasteiger partial charge on any atom is -0.391 e. The van der Waals surface area contributed by atoms with Gasteiger partial charge in [0.2, 0.25) is 0 Å². The summed E-state index contributed by atoms with van der Waals surface area (Å²) in [5, 5.41) is 10.1. The first-order valence-electron chi connectivity index (χ1n) is 7.17. The standard InChI is InChI=1S/C15H13F2N5O/c16-10-2-1-8(3-11(10)17)12-4-9(23)5-22(12)15-13-14(19-6-18-13)20-7-21-15/h1-3,6-7,9,12,23H,4-5H2,(H,18,19,20,21)/t9-,12-/m0/s1. The molecule has 2 N–H and O–H groups in total. The van der Waals surface area contributed by atoms with Gasteiger partial charge in [0.1, 0.15) is 11.8 Å². The van der Waals surface area contributed by atoms with Gasteiger partial charge in [-0.05, 0) is 24.1 Å². The van der Waals surface area contributed by atoms with Crippen molar-refractivity contribution >= 4 is 17.0 Å². The number of aromatic amines is 1. The second kappa shape index (κ2) is 5.24. The molecule has 4 rings (SSSR count). The monoisotopic (exact) mass is 317 g/mol. The number of benzene rings is 1. The lowest BCUT2D eigenvalue weighted by molar-refractivity contribution is 0.194. The van der Waals surface area contributed by atoms with E-state index in [1.54, 1.807) is 0 Å². The predicted octanol–water partition coefficient (Wildman–Crippen LogP) is 1.94. The third-order valence-electron chi connectivity index (χ3n) is 4.08. The molecule has 0 bridgehead atoms. The van der Waals surface area contributed by atoms with Gasteiger partial charge in [0, 0.05) is 6.54 Å². The maximum Gasteiger partial charge on any atom is 0.182 e. The second-order valence-electron chi connectivity index (χ2n) is 5.53. The maximum atomic E-state index is 13.6. The first kappa shape index (κ1) is 14.0. The maximum absolute atomic E-state index is 13.6. The van der Waals surface area contributed by atoms with Gasteiger partial charge in [-0.15, -0.1) is 0 Å². The molecule has 0 spiro atoms. The summed E-state index contributed by atoms with van der Waals surface area (Å²) in [4.78, 5) is 17.3. The molecule has 3 aromatic rings. The SMILES string of the molecule is O[C@H]1C[C@@H](c2ccc(F)c(F)c2)N(c2ncnc3nc[nH]c23)C1. The number of hydrogen-bond donors (Lipinski definition) is 2. The Bertz CT molecular complexity index is 868. The molecular weight excluding hydrogens is 304 g/mol. The van der Waals surface area contributed by atoms with Gasteiger partial charge in [-0.1, -0.05) is 6.07 Å². The van der Waals surface area contributed by atoms with E-state index in [1.807, 2.05) is 4.90 Å². The third kappa shape index (κ3) is 2.31. The topological polar surface area (TPSA) is 77.9 Å². The van der Waals surface area contributed by atoms with E-state index in [0.717, 1.165) is 12.1 Å². The number of nitrogens with one attached hydrogen (secondary N) is 1. The molecule has 1 saturated heterocycles. The van der Waals surface area contributed by atoms with Crippen LogP contribution in [0.5, 0.6) is 0 Å². The lowest BCUT2D eigenvalue weighted by Crippen LogP contribution is -2.25. The number of hydrogen-bond acceptors (Lipinski definition) is 5. The van der Waals surface area contributed by atoms with E-state index in [9.17, 15) is 13.9 Å². The Morgan fingerprint density at radius 3 is 2.87 bits per heavy atom. The van der Waals surface area contributed by atoms with Crippen molar-refractivity contribution in [3.8, 4) is 0 Å². The highest BCUT2D eigenvalue weighted by Gasteiger charge is 2.34. The lowest BCUT2D eigenvalue weighted by Gasteiger charge is -2.25. The van der Waals surface area contributed by atoms with Crippen LogP contribution in [0.3, 0.4) is 0 Å². The largest absolute Gasteiger partial charge is 0.391 e. The van der Waals surface area contributed by atoms with E-state index in [0.29, 0.717) is 35.5 Å². The Morgan fingerprint density at radius 1 is 1.17 bits per heavy atom. The fourth-order valence-corrected chi connectivity index (χ4v) is 3.05. The average molecular weight is 317 g/mol. The van der Waals surface area contributed by atoms with Crippen molar-refractivity contribution in [3.63, 3.8) is 0 Å². The van der Waals surface area contributed by atoms with Crippen molar-refractivity contribution in [2.24, 2.45) is 0 Å². The smallest absolute Gasteiger partial charge is 0.182 e. The van der Waals surface area contributed by atoms with Gasteiger partial charge >= 0.3 is 0 Å². The molecule has 0 saturated carbocycles. The van der Waals surface area contributed by atoms with E-state index in [4.69, 9.17) is 0 Å². The fraction of sp³-hybridized carbons (Fsp3) is 0.267. The molecule has 1 aliphatic rings. The number of aliphatic hydroxyl groups excluding tert-OH is 1. The van der Waals surface area contributed by atoms with Crippen LogP contribution in [0, 0.1) is 11.6 Å². The van der Waals surface area contributed by atoms with E-state index < -0.39 is 17.7 Å². The molecular formula is C15H13F2N5O. The van der Waals surface area contributed by atoms with Crippen molar-refractivity contribution in [1.29, 1.82) is 0 Å². The molecule has 2 atom stereocenters. The van der Waals surface area contributed by atoms with E-state index >= 15 is 0 Å². The van der Waals surface area contributed by atoms with E-state index in [-0.39, 0.29) is 6.04 Å². The van der Waals surface area contributed by atoms with Crippen molar-refractivity contribution in [3.05, 3.63) is 48.1 Å². The average Bonchev–Trinajstić information content (AvgIpc) is 3.16. The number of aliphatic hydroxyl groups is 1. The summed E-state index contributed by atoms with van der Waals surface area (Å²) >= 11 is 0. The fourth-order valence-electron chi connectivity index (χ4n) is 3.05. The van der Waals surface area contributed by atoms with Gasteiger partial charge in [-0.2, -0.15) is 0 Å². The highest BCUT2D eigenvalue weighted by molar-refractivity contribution is 5.83. The zero-order valence-corrected chi connectivity index (χ0v) is 11.9. The summed E-state index contributed by atoms with van der Waals surface area (Å²) in [7, 11) is 0. The second-order valence-corrected chi connectivity index (χ2v) is 5.53. The summed E-state index contributed by atoms with van der Waals surface area (Å²) in [5.41, 5.74) is 1.75. The molecule has 1 fully saturated rings. The quantitative estimate of drug-likeness (QED) is 0.755. The lowest BCUT2D eigenvalue weighted by atomic mass is 10.0. The zero-order chi connectivity index (χ0) is 16.0. The third-order valence-corrected chi connectivity index (χ3v) is 4.08. The number of rotatable bonds is 2. The highest BCUT2D eigenvalue weighted by Crippen LogP contribution is 2.37. The number of β-amino-alcohol motifs (C(OH)–C–C–N with tert-alkyl or cyclic N) is 1. The van der Waals surface area contributed by atoms with Crippen molar-refractivity contribution in [2.45, 2.75) is 18.6 Å². The molecule has 0 unspecified atom stereocenters. The first-order valence-corrected chi connectivity index (χ1v) is 7.17. The molecule has 1 aliphatic heterocycles. The molecule has 6 nitrogen and oxygen atoms in total. The Balaban J connectivity index is 1.79. The summed E-state index contributed by atoms with van der Waals surface area (Å²) in [6.45, 7) is 0.342. The number of imidazole rings is 1. The number of fused-ring (bicyclic) bond motifs is 1. The molecule has 23 heavy (non-hydrogen) atoms. The van der Waals surface area contributed by atoms with Crippen LogP contribution in [-0.4, -0.2) is 37.7 Å². The predicted molar refractivity (Wildman–Crippen MR) is 78.8 cm³/mol. The van der Waals surface area contributed by atoms with Crippen molar-refractivity contribution in [1.82, 2.24) is 19.9 Å². The molecule has 1 aromatic carbocycles. The number of H-pyrrole nitrogens is 1. The molecule has 8 heteroatoms. The van der Waals surface area contributed by atoms with Gasteiger partial charge in [-0.25, -0.2) is 23.7 Å². The Morgan fingerprint density at radius 2 is 2.04 bits per heavy atom. The highest BCUT2D eigenvalue weighted by atomic mass is 19.2. The van der Waals surface area contributed by atoms with E-state index in [1.165, 1.54) is 18.7 Å². The summed E-state index contributed by atoms with van der Waals surface area (Å²) in [5.74, 6) is -1.21. The Hall–Kier alpha value is -2.61. The number of nitrogens with zero attached hydrogens (tertiary/aromatic N) is 4. The Kier molecular flexibility index (Phi) is 3.19. The van der Waals surface area contributed by atoms with Gasteiger partial charge in [0.25, 0.3) is 0 Å². The van der Waals surface area contributed by atoms with Gasteiger partial charge in [0.15, 0.2) is 23.1 Å². The van der Waals surface area contributed by atoms with Crippen LogP contribution < -0.4 is 4.90 Å². The summed E-state index contributed by atoms with van der Waals surface area (Å²) in [6.07, 6.45) is 2.74. The van der Waals surface area contributed by atoms with Crippen LogP contribution in [0.15, 0.2) is 30.9 Å². The zero-order valence-electron chi connectivity index (χ0n) is 11.9. The molecule has 0 radical (unpaired) electrons. The molecule has 3 heterocycles. The van der Waals surface area contributed by atoms with Crippen LogP contribution in [0.2, 0.25) is 0 Å². The summed E-state index contributed by atoms with van der Waals surface area (Å²) < 4.78 is 26.7. The molecule has 0 amide bonds.